The first-order chi connectivity index (χ1) is 14.6. The number of phenols is 1. The zero-order valence-corrected chi connectivity index (χ0v) is 17.5. The summed E-state index contributed by atoms with van der Waals surface area (Å²) in [5.41, 5.74) is 0.704. The van der Waals surface area contributed by atoms with E-state index >= 15 is 0 Å². The Bertz CT molecular complexity index is 1120. The molecule has 0 radical (unpaired) electrons. The van der Waals surface area contributed by atoms with Crippen molar-refractivity contribution in [3.63, 3.8) is 0 Å². The SMILES string of the molecule is COc1cc(/C=N/N=C2\S/C(=C\c3cccs3)C(=O)N2Cc2ccco2)ccc1O. The second-order valence-electron chi connectivity index (χ2n) is 6.16. The number of amidine groups is 1. The molecule has 0 bridgehead atoms. The molecule has 0 unspecified atom stereocenters. The van der Waals surface area contributed by atoms with Crippen LogP contribution in [0.3, 0.4) is 0 Å². The van der Waals surface area contributed by atoms with Gasteiger partial charge in [-0.05, 0) is 65.2 Å². The lowest BCUT2D eigenvalue weighted by atomic mass is 10.2. The van der Waals surface area contributed by atoms with E-state index in [1.165, 1.54) is 36.1 Å². The lowest BCUT2D eigenvalue weighted by Crippen LogP contribution is -2.28. The van der Waals surface area contributed by atoms with Crippen molar-refractivity contribution in [3.8, 4) is 11.5 Å². The molecule has 2 aromatic heterocycles. The van der Waals surface area contributed by atoms with Crippen molar-refractivity contribution < 1.29 is 19.1 Å². The number of thioether (sulfide) groups is 1. The number of carbonyl (C=O) groups excluding carboxylic acids is 1. The number of hydrogen-bond acceptors (Lipinski definition) is 8. The van der Waals surface area contributed by atoms with Crippen molar-refractivity contribution in [1.29, 1.82) is 0 Å². The van der Waals surface area contributed by atoms with Gasteiger partial charge >= 0.3 is 0 Å². The summed E-state index contributed by atoms with van der Waals surface area (Å²) in [6.45, 7) is 0.266. The van der Waals surface area contributed by atoms with E-state index in [0.717, 1.165) is 4.88 Å². The molecule has 1 saturated heterocycles. The number of nitrogens with zero attached hydrogens (tertiary/aromatic N) is 3. The maximum Gasteiger partial charge on any atom is 0.267 e. The highest BCUT2D eigenvalue weighted by atomic mass is 32.2. The molecule has 7 nitrogen and oxygen atoms in total. The maximum atomic E-state index is 12.9. The highest BCUT2D eigenvalue weighted by Crippen LogP contribution is 2.34. The number of furan rings is 1. The third-order valence-electron chi connectivity index (χ3n) is 4.15. The first-order valence-electron chi connectivity index (χ1n) is 8.89. The third-order valence-corrected chi connectivity index (χ3v) is 5.97. The lowest BCUT2D eigenvalue weighted by Gasteiger charge is -2.12. The van der Waals surface area contributed by atoms with Crippen molar-refractivity contribution in [2.45, 2.75) is 6.54 Å². The van der Waals surface area contributed by atoms with Crippen LogP contribution in [0.15, 0.2) is 73.6 Å². The number of thiophene rings is 1. The molecular weight excluding hydrogens is 422 g/mol. The Morgan fingerprint density at radius 2 is 2.17 bits per heavy atom. The average Bonchev–Trinajstić information content (AvgIpc) is 3.50. The van der Waals surface area contributed by atoms with Crippen molar-refractivity contribution in [1.82, 2.24) is 4.90 Å². The van der Waals surface area contributed by atoms with Crippen LogP contribution in [0, 0.1) is 0 Å². The van der Waals surface area contributed by atoms with Gasteiger partial charge in [0.05, 0.1) is 31.0 Å². The summed E-state index contributed by atoms with van der Waals surface area (Å²) >= 11 is 2.82. The monoisotopic (exact) mass is 439 g/mol. The lowest BCUT2D eigenvalue weighted by molar-refractivity contribution is -0.122. The standard InChI is InChI=1S/C21H17N3O4S2/c1-27-18-10-14(6-7-17(18)25)12-22-23-21-24(13-15-4-2-8-28-15)20(26)19(30-21)11-16-5-3-9-29-16/h2-12,25H,13H2,1H3/b19-11-,22-12+,23-21-. The van der Waals surface area contributed by atoms with E-state index in [4.69, 9.17) is 9.15 Å². The minimum atomic E-state index is -0.148. The number of phenolic OH excluding ortho intramolecular Hbond substituents is 1. The minimum absolute atomic E-state index is 0.0471. The molecule has 1 fully saturated rings. The molecule has 0 spiro atoms. The highest BCUT2D eigenvalue weighted by Gasteiger charge is 2.34. The van der Waals surface area contributed by atoms with E-state index in [2.05, 4.69) is 10.2 Å². The average molecular weight is 440 g/mol. The smallest absolute Gasteiger partial charge is 0.267 e. The molecule has 3 aromatic rings. The van der Waals surface area contributed by atoms with Crippen LogP contribution >= 0.6 is 23.1 Å². The third kappa shape index (κ3) is 4.47. The first-order valence-corrected chi connectivity index (χ1v) is 10.6. The molecule has 30 heavy (non-hydrogen) atoms. The van der Waals surface area contributed by atoms with E-state index in [-0.39, 0.29) is 18.2 Å². The van der Waals surface area contributed by atoms with Crippen molar-refractivity contribution in [2.75, 3.05) is 7.11 Å². The molecule has 1 N–H and O–H groups in total. The molecule has 152 valence electrons. The number of aromatic hydroxyl groups is 1. The topological polar surface area (TPSA) is 87.6 Å². The van der Waals surface area contributed by atoms with Crippen LogP contribution in [0.2, 0.25) is 0 Å². The zero-order valence-electron chi connectivity index (χ0n) is 15.9. The van der Waals surface area contributed by atoms with E-state index < -0.39 is 0 Å². The summed E-state index contributed by atoms with van der Waals surface area (Å²) in [5, 5.41) is 20.5. The van der Waals surface area contributed by atoms with E-state index in [1.807, 2.05) is 29.7 Å². The number of amides is 1. The van der Waals surface area contributed by atoms with Gasteiger partial charge in [0.25, 0.3) is 5.91 Å². The fourth-order valence-corrected chi connectivity index (χ4v) is 4.36. The summed E-state index contributed by atoms with van der Waals surface area (Å²) < 4.78 is 10.5. The summed E-state index contributed by atoms with van der Waals surface area (Å²) in [4.78, 5) is 16.0. The normalized spacial score (nSPS) is 17.0. The van der Waals surface area contributed by atoms with Crippen LogP contribution in [0.25, 0.3) is 6.08 Å². The number of ether oxygens (including phenoxy) is 1. The minimum Gasteiger partial charge on any atom is -0.504 e. The van der Waals surface area contributed by atoms with Gasteiger partial charge in [0.1, 0.15) is 5.76 Å². The van der Waals surface area contributed by atoms with Gasteiger partial charge in [-0.2, -0.15) is 5.10 Å². The van der Waals surface area contributed by atoms with Gasteiger partial charge < -0.3 is 14.3 Å². The Morgan fingerprint density at radius 3 is 2.90 bits per heavy atom. The summed E-state index contributed by atoms with van der Waals surface area (Å²) in [5.74, 6) is 0.898. The fourth-order valence-electron chi connectivity index (χ4n) is 2.70. The Balaban J connectivity index is 1.60. The Labute approximate surface area is 181 Å². The highest BCUT2D eigenvalue weighted by molar-refractivity contribution is 8.18. The molecule has 1 aromatic carbocycles. The largest absolute Gasteiger partial charge is 0.504 e. The van der Waals surface area contributed by atoms with Crippen molar-refractivity contribution >= 4 is 46.5 Å². The fraction of sp³-hybridized carbons (Fsp3) is 0.0952. The van der Waals surface area contributed by atoms with E-state index in [0.29, 0.717) is 27.1 Å². The quantitative estimate of drug-likeness (QED) is 0.346. The first kappa shape index (κ1) is 20.0. The Kier molecular flexibility index (Phi) is 6.01. The van der Waals surface area contributed by atoms with Crippen molar-refractivity contribution in [2.24, 2.45) is 10.2 Å². The molecule has 0 saturated carbocycles. The van der Waals surface area contributed by atoms with E-state index in [1.54, 1.807) is 35.8 Å². The van der Waals surface area contributed by atoms with Crippen LogP contribution in [-0.4, -0.2) is 34.4 Å². The summed E-state index contributed by atoms with van der Waals surface area (Å²) in [6.07, 6.45) is 4.95. The molecule has 0 atom stereocenters. The molecule has 1 aliphatic heterocycles. The molecule has 0 aliphatic carbocycles. The van der Waals surface area contributed by atoms with Crippen LogP contribution < -0.4 is 4.74 Å². The molecule has 3 heterocycles. The number of hydrogen-bond donors (Lipinski definition) is 1. The predicted molar refractivity (Wildman–Crippen MR) is 119 cm³/mol. The van der Waals surface area contributed by atoms with Gasteiger partial charge in [-0.25, -0.2) is 0 Å². The predicted octanol–water partition coefficient (Wildman–Crippen LogP) is 4.56. The molecule has 9 heteroatoms. The number of methoxy groups -OCH3 is 1. The van der Waals surface area contributed by atoms with Gasteiger partial charge in [0, 0.05) is 4.88 Å². The van der Waals surface area contributed by atoms with Gasteiger partial charge in [-0.3, -0.25) is 9.69 Å². The second-order valence-corrected chi connectivity index (χ2v) is 8.14. The van der Waals surface area contributed by atoms with Crippen molar-refractivity contribution in [3.05, 3.63) is 75.2 Å². The van der Waals surface area contributed by atoms with Gasteiger partial charge in [0.15, 0.2) is 16.7 Å². The summed E-state index contributed by atoms with van der Waals surface area (Å²) in [7, 11) is 1.48. The van der Waals surface area contributed by atoms with Crippen LogP contribution in [0.5, 0.6) is 11.5 Å². The number of carbonyl (C=O) groups is 1. The molecule has 4 rings (SSSR count). The van der Waals surface area contributed by atoms with Crippen LogP contribution in [0.4, 0.5) is 0 Å². The van der Waals surface area contributed by atoms with Crippen LogP contribution in [-0.2, 0) is 11.3 Å². The zero-order chi connectivity index (χ0) is 20.9. The number of benzene rings is 1. The second kappa shape index (κ2) is 9.02. The summed E-state index contributed by atoms with van der Waals surface area (Å²) in [6, 6.07) is 12.3. The number of rotatable bonds is 6. The molecular formula is C21H17N3O4S2. The van der Waals surface area contributed by atoms with E-state index in [9.17, 15) is 9.90 Å². The Hall–Kier alpha value is -3.30. The Morgan fingerprint density at radius 1 is 1.27 bits per heavy atom. The molecule has 1 amide bonds. The van der Waals surface area contributed by atoms with Gasteiger partial charge in [-0.1, -0.05) is 6.07 Å². The maximum absolute atomic E-state index is 12.9. The van der Waals surface area contributed by atoms with Gasteiger partial charge in [0.2, 0.25) is 0 Å². The van der Waals surface area contributed by atoms with Crippen LogP contribution in [0.1, 0.15) is 16.2 Å². The van der Waals surface area contributed by atoms with Gasteiger partial charge in [-0.15, -0.1) is 16.4 Å². The molecule has 1 aliphatic rings.